The van der Waals surface area contributed by atoms with Crippen LogP contribution in [0.3, 0.4) is 0 Å². The normalized spacial score (nSPS) is 10.9. The van der Waals surface area contributed by atoms with Gasteiger partial charge in [-0.3, -0.25) is 0 Å². The monoisotopic (exact) mass is 392 g/mol. The second-order valence-corrected chi connectivity index (χ2v) is 10.3. The van der Waals surface area contributed by atoms with Gasteiger partial charge in [0.1, 0.15) is 0 Å². The molecule has 0 atom stereocenters. The standard InChI is InChI=1S/C24H25OPS/c1-3-25-24(27-4-2)20-26(21-14-8-5-9-15-21,22-16-10-6-11-17-22)23-18-12-7-13-19-23/h5-19H,3-4H2,1-2H3. The van der Waals surface area contributed by atoms with E-state index in [9.17, 15) is 0 Å². The van der Waals surface area contributed by atoms with E-state index in [-0.39, 0.29) is 0 Å². The van der Waals surface area contributed by atoms with Crippen LogP contribution in [-0.4, -0.2) is 17.8 Å². The number of hydrogen-bond acceptors (Lipinski definition) is 2. The summed E-state index contributed by atoms with van der Waals surface area (Å²) < 4.78 is 6.00. The molecular weight excluding hydrogens is 367 g/mol. The molecular formula is C24H25OPS. The zero-order valence-corrected chi connectivity index (χ0v) is 17.5. The maximum absolute atomic E-state index is 6.00. The highest BCUT2D eigenvalue weighted by Gasteiger charge is 2.25. The summed E-state index contributed by atoms with van der Waals surface area (Å²) in [6, 6.07) is 32.2. The minimum Gasteiger partial charge on any atom is -0.481 e. The Balaban J connectivity index is 2.49. The molecule has 0 saturated heterocycles. The zero-order valence-electron chi connectivity index (χ0n) is 15.8. The van der Waals surface area contributed by atoms with Crippen molar-refractivity contribution in [2.45, 2.75) is 13.8 Å². The first-order valence-electron chi connectivity index (χ1n) is 9.28. The first-order valence-corrected chi connectivity index (χ1v) is 12.1. The third kappa shape index (κ3) is 4.42. The lowest BCUT2D eigenvalue weighted by Crippen LogP contribution is -2.26. The van der Waals surface area contributed by atoms with Gasteiger partial charge in [-0.1, -0.05) is 115 Å². The molecule has 0 radical (unpaired) electrons. The van der Waals surface area contributed by atoms with Crippen molar-refractivity contribution in [2.75, 3.05) is 12.4 Å². The second kappa shape index (κ2) is 9.72. The van der Waals surface area contributed by atoms with E-state index in [1.165, 1.54) is 15.9 Å². The Labute approximate surface area is 167 Å². The molecule has 3 heteroatoms. The molecule has 1 nitrogen and oxygen atoms in total. The maximum Gasteiger partial charge on any atom is 0.198 e. The Bertz CT molecular complexity index is 818. The van der Waals surface area contributed by atoms with E-state index in [0.717, 1.165) is 10.8 Å². The van der Waals surface area contributed by atoms with Gasteiger partial charge >= 0.3 is 0 Å². The predicted molar refractivity (Wildman–Crippen MR) is 123 cm³/mol. The minimum atomic E-state index is -2.10. The van der Waals surface area contributed by atoms with Crippen LogP contribution in [0.4, 0.5) is 0 Å². The highest BCUT2D eigenvalue weighted by Crippen LogP contribution is 2.43. The van der Waals surface area contributed by atoms with Gasteiger partial charge in [-0.05, 0) is 28.6 Å². The molecule has 0 fully saturated rings. The predicted octanol–water partition coefficient (Wildman–Crippen LogP) is 5.01. The Morgan fingerprint density at radius 2 is 1.15 bits per heavy atom. The molecule has 0 aliphatic rings. The molecule has 0 unspecified atom stereocenters. The van der Waals surface area contributed by atoms with Crippen molar-refractivity contribution in [1.29, 1.82) is 0 Å². The van der Waals surface area contributed by atoms with Gasteiger partial charge in [-0.2, -0.15) is 0 Å². The third-order valence-corrected chi connectivity index (χ3v) is 8.92. The van der Waals surface area contributed by atoms with Crippen molar-refractivity contribution in [2.24, 2.45) is 0 Å². The number of rotatable bonds is 7. The molecule has 138 valence electrons. The molecule has 0 amide bonds. The molecule has 0 N–H and O–H groups in total. The molecule has 0 bridgehead atoms. The Morgan fingerprint density at radius 3 is 1.48 bits per heavy atom. The van der Waals surface area contributed by atoms with E-state index in [0.29, 0.717) is 6.61 Å². The molecule has 27 heavy (non-hydrogen) atoms. The average molecular weight is 393 g/mol. The van der Waals surface area contributed by atoms with Gasteiger partial charge in [0.2, 0.25) is 0 Å². The SMILES string of the molecule is CCOC(=C=P(c1ccccc1)(c1ccccc1)c1ccccc1)SCC. The highest BCUT2D eigenvalue weighted by molar-refractivity contribution is 8.04. The van der Waals surface area contributed by atoms with Crippen molar-refractivity contribution < 1.29 is 4.74 Å². The summed E-state index contributed by atoms with van der Waals surface area (Å²) in [4.78, 5) is 0. The molecule has 3 aromatic rings. The lowest BCUT2D eigenvalue weighted by Gasteiger charge is -2.26. The van der Waals surface area contributed by atoms with Gasteiger partial charge in [0.05, 0.1) is 6.61 Å². The van der Waals surface area contributed by atoms with Crippen LogP contribution in [0.1, 0.15) is 13.8 Å². The van der Waals surface area contributed by atoms with Crippen LogP contribution in [0.15, 0.2) is 96.1 Å². The summed E-state index contributed by atoms with van der Waals surface area (Å²) in [6.07, 6.45) is 0. The van der Waals surface area contributed by atoms with Crippen LogP contribution in [0.2, 0.25) is 0 Å². The smallest absolute Gasteiger partial charge is 0.198 e. The largest absolute Gasteiger partial charge is 0.481 e. The fraction of sp³-hybridized carbons (Fsp3) is 0.167. The molecule has 0 heterocycles. The van der Waals surface area contributed by atoms with Crippen molar-refractivity contribution in [3.63, 3.8) is 0 Å². The fourth-order valence-corrected chi connectivity index (χ4v) is 7.71. The van der Waals surface area contributed by atoms with E-state index in [1.807, 2.05) is 6.92 Å². The van der Waals surface area contributed by atoms with E-state index in [2.05, 4.69) is 103 Å². The Morgan fingerprint density at radius 1 is 0.741 bits per heavy atom. The molecule has 0 aliphatic heterocycles. The van der Waals surface area contributed by atoms with Crippen molar-refractivity contribution in [1.82, 2.24) is 0 Å². The third-order valence-electron chi connectivity index (χ3n) is 4.24. The zero-order chi connectivity index (χ0) is 19.0. The number of thioether (sulfide) groups is 1. The van der Waals surface area contributed by atoms with E-state index in [4.69, 9.17) is 4.74 Å². The van der Waals surface area contributed by atoms with Crippen molar-refractivity contribution in [3.8, 4) is 0 Å². The quantitative estimate of drug-likeness (QED) is 0.413. The first-order chi connectivity index (χ1) is 13.3. The van der Waals surface area contributed by atoms with E-state index in [1.54, 1.807) is 11.8 Å². The fourth-order valence-electron chi connectivity index (χ4n) is 3.10. The second-order valence-electron chi connectivity index (χ2n) is 5.94. The van der Waals surface area contributed by atoms with Crippen LogP contribution < -0.4 is 15.9 Å². The van der Waals surface area contributed by atoms with E-state index >= 15 is 0 Å². The molecule has 0 spiro atoms. The molecule has 0 aliphatic carbocycles. The van der Waals surface area contributed by atoms with Crippen LogP contribution in [0.25, 0.3) is 0 Å². The van der Waals surface area contributed by atoms with E-state index < -0.39 is 6.89 Å². The Kier molecular flexibility index (Phi) is 7.07. The summed E-state index contributed by atoms with van der Waals surface area (Å²) in [7, 11) is 0. The van der Waals surface area contributed by atoms with Gasteiger partial charge < -0.3 is 4.74 Å². The summed E-state index contributed by atoms with van der Waals surface area (Å²) in [6.45, 7) is 2.73. The average Bonchev–Trinajstić information content (AvgIpc) is 2.74. The van der Waals surface area contributed by atoms with Gasteiger partial charge in [0.15, 0.2) is 5.09 Å². The van der Waals surface area contributed by atoms with Gasteiger partial charge in [0, 0.05) is 6.89 Å². The molecule has 0 saturated carbocycles. The van der Waals surface area contributed by atoms with Crippen LogP contribution in [0.5, 0.6) is 0 Å². The molecule has 0 aromatic heterocycles. The van der Waals surface area contributed by atoms with Crippen LogP contribution in [-0.2, 0) is 4.74 Å². The number of hydrogen-bond donors (Lipinski definition) is 0. The lowest BCUT2D eigenvalue weighted by molar-refractivity contribution is 0.263. The van der Waals surface area contributed by atoms with Crippen molar-refractivity contribution >= 4 is 40.0 Å². The minimum absolute atomic E-state index is 0.647. The maximum atomic E-state index is 6.00. The Hall–Kier alpha value is -2.11. The van der Waals surface area contributed by atoms with Gasteiger partial charge in [0.25, 0.3) is 0 Å². The first kappa shape index (κ1) is 19.6. The topological polar surface area (TPSA) is 9.23 Å². The van der Waals surface area contributed by atoms with Gasteiger partial charge in [-0.15, -0.1) is 0 Å². The lowest BCUT2D eigenvalue weighted by atomic mass is 10.4. The highest BCUT2D eigenvalue weighted by atomic mass is 32.2. The summed E-state index contributed by atoms with van der Waals surface area (Å²) in [5.41, 5.74) is 3.89. The molecule has 3 aromatic carbocycles. The molecule has 3 rings (SSSR count). The van der Waals surface area contributed by atoms with Crippen molar-refractivity contribution in [3.05, 3.63) is 96.1 Å². The number of benzene rings is 3. The van der Waals surface area contributed by atoms with Crippen LogP contribution in [0, 0.1) is 0 Å². The summed E-state index contributed by atoms with van der Waals surface area (Å²) in [5.74, 6) is 0.959. The summed E-state index contributed by atoms with van der Waals surface area (Å²) >= 11 is 1.72. The van der Waals surface area contributed by atoms with Gasteiger partial charge in [-0.25, -0.2) is 0 Å². The summed E-state index contributed by atoms with van der Waals surface area (Å²) in [5, 5.41) is 4.76. The number of ether oxygens (including phenoxy) is 1. The van der Waals surface area contributed by atoms with Crippen LogP contribution >= 0.6 is 18.6 Å².